The Kier molecular flexibility index (Phi) is 3.20. The van der Waals surface area contributed by atoms with Crippen molar-refractivity contribution in [1.29, 1.82) is 0 Å². The predicted molar refractivity (Wildman–Crippen MR) is 72.1 cm³/mol. The van der Waals surface area contributed by atoms with E-state index in [1.54, 1.807) is 11.3 Å². The van der Waals surface area contributed by atoms with Gasteiger partial charge in [-0.15, -0.1) is 11.3 Å². The van der Waals surface area contributed by atoms with Gasteiger partial charge in [-0.2, -0.15) is 0 Å². The molecule has 0 saturated heterocycles. The summed E-state index contributed by atoms with van der Waals surface area (Å²) in [6.45, 7) is 6.30. The molecule has 0 bridgehead atoms. The lowest BCUT2D eigenvalue weighted by atomic mass is 10.1. The van der Waals surface area contributed by atoms with Crippen LogP contribution in [0.5, 0.6) is 0 Å². The third-order valence-corrected chi connectivity index (χ3v) is 3.64. The normalized spacial score (nSPS) is 11.8. The molecular weight excluding hydrogens is 214 g/mol. The molecule has 0 radical (unpaired) electrons. The molecule has 0 N–H and O–H groups in total. The van der Waals surface area contributed by atoms with Gasteiger partial charge in [0.05, 0.1) is 11.4 Å². The Labute approximate surface area is 100 Å². The quantitative estimate of drug-likeness (QED) is 0.672. The second-order valence-electron chi connectivity index (χ2n) is 3.94. The standard InChI is InChI=1S/C14H15NS/c1-10-6-7-13(9-11(10)2)15-12(3)14-5-4-8-16-14/h4-9H,1-3H3. The molecule has 1 nitrogen and oxygen atoms in total. The molecule has 2 rings (SSSR count). The van der Waals surface area contributed by atoms with E-state index in [2.05, 4.69) is 61.5 Å². The highest BCUT2D eigenvalue weighted by molar-refractivity contribution is 7.12. The maximum Gasteiger partial charge on any atom is 0.0636 e. The van der Waals surface area contributed by atoms with E-state index in [9.17, 15) is 0 Å². The predicted octanol–water partition coefficient (Wildman–Crippen LogP) is 4.51. The number of benzene rings is 1. The Morgan fingerprint density at radius 2 is 1.94 bits per heavy atom. The summed E-state index contributed by atoms with van der Waals surface area (Å²) in [6.07, 6.45) is 0. The number of aryl methyl sites for hydroxylation is 2. The lowest BCUT2D eigenvalue weighted by Gasteiger charge is -2.02. The number of hydrogen-bond donors (Lipinski definition) is 0. The zero-order chi connectivity index (χ0) is 11.5. The van der Waals surface area contributed by atoms with Gasteiger partial charge >= 0.3 is 0 Å². The summed E-state index contributed by atoms with van der Waals surface area (Å²) >= 11 is 1.73. The topological polar surface area (TPSA) is 12.4 Å². The van der Waals surface area contributed by atoms with Crippen molar-refractivity contribution in [2.45, 2.75) is 20.8 Å². The van der Waals surface area contributed by atoms with Crippen molar-refractivity contribution in [3.05, 3.63) is 51.7 Å². The van der Waals surface area contributed by atoms with E-state index < -0.39 is 0 Å². The van der Waals surface area contributed by atoms with Crippen molar-refractivity contribution in [3.63, 3.8) is 0 Å². The fourth-order valence-electron chi connectivity index (χ4n) is 1.53. The first-order valence-electron chi connectivity index (χ1n) is 5.33. The molecule has 0 aliphatic rings. The molecule has 0 atom stereocenters. The van der Waals surface area contributed by atoms with Crippen molar-refractivity contribution in [3.8, 4) is 0 Å². The molecule has 2 aromatic rings. The summed E-state index contributed by atoms with van der Waals surface area (Å²) in [5.41, 5.74) is 4.72. The van der Waals surface area contributed by atoms with Gasteiger partial charge in [0.15, 0.2) is 0 Å². The summed E-state index contributed by atoms with van der Waals surface area (Å²) in [5, 5.41) is 2.08. The zero-order valence-corrected chi connectivity index (χ0v) is 10.6. The van der Waals surface area contributed by atoms with Gasteiger partial charge in [0.2, 0.25) is 0 Å². The van der Waals surface area contributed by atoms with Gasteiger partial charge < -0.3 is 0 Å². The molecule has 0 aliphatic carbocycles. The van der Waals surface area contributed by atoms with Crippen LogP contribution >= 0.6 is 11.3 Å². The van der Waals surface area contributed by atoms with Crippen LogP contribution in [0.3, 0.4) is 0 Å². The van der Waals surface area contributed by atoms with Gasteiger partial charge in [-0.3, -0.25) is 4.99 Å². The first kappa shape index (κ1) is 11.1. The van der Waals surface area contributed by atoms with Crippen molar-refractivity contribution >= 4 is 22.7 Å². The van der Waals surface area contributed by atoms with Crippen LogP contribution < -0.4 is 0 Å². The maximum absolute atomic E-state index is 4.63. The number of hydrogen-bond acceptors (Lipinski definition) is 2. The van der Waals surface area contributed by atoms with Gasteiger partial charge in [-0.25, -0.2) is 0 Å². The van der Waals surface area contributed by atoms with E-state index in [1.807, 2.05) is 0 Å². The SMILES string of the molecule is CC(=Nc1ccc(C)c(C)c1)c1cccs1. The number of thiophene rings is 1. The molecule has 0 amide bonds. The zero-order valence-electron chi connectivity index (χ0n) is 9.82. The van der Waals surface area contributed by atoms with Crippen LogP contribution in [0.4, 0.5) is 5.69 Å². The summed E-state index contributed by atoms with van der Waals surface area (Å²) in [6, 6.07) is 10.5. The highest BCUT2D eigenvalue weighted by atomic mass is 32.1. The summed E-state index contributed by atoms with van der Waals surface area (Å²) < 4.78 is 0. The van der Waals surface area contributed by atoms with Gasteiger partial charge in [0.1, 0.15) is 0 Å². The minimum absolute atomic E-state index is 1.04. The van der Waals surface area contributed by atoms with E-state index in [4.69, 9.17) is 0 Å². The van der Waals surface area contributed by atoms with Gasteiger partial charge in [0.25, 0.3) is 0 Å². The highest BCUT2D eigenvalue weighted by Gasteiger charge is 1.99. The molecule has 1 aromatic carbocycles. The van der Waals surface area contributed by atoms with E-state index >= 15 is 0 Å². The Hall–Kier alpha value is -1.41. The molecule has 0 aliphatic heterocycles. The molecule has 0 unspecified atom stereocenters. The summed E-state index contributed by atoms with van der Waals surface area (Å²) in [7, 11) is 0. The fourth-order valence-corrected chi connectivity index (χ4v) is 2.21. The smallest absolute Gasteiger partial charge is 0.0636 e. The number of nitrogens with zero attached hydrogens (tertiary/aromatic N) is 1. The van der Waals surface area contributed by atoms with Crippen LogP contribution in [-0.2, 0) is 0 Å². The Morgan fingerprint density at radius 1 is 1.12 bits per heavy atom. The average Bonchev–Trinajstić information content (AvgIpc) is 2.77. The van der Waals surface area contributed by atoms with Crippen LogP contribution in [0.2, 0.25) is 0 Å². The lowest BCUT2D eigenvalue weighted by Crippen LogP contribution is -1.89. The molecule has 1 aromatic heterocycles. The average molecular weight is 229 g/mol. The largest absolute Gasteiger partial charge is 0.252 e. The Balaban J connectivity index is 2.32. The van der Waals surface area contributed by atoms with Crippen molar-refractivity contribution in [2.24, 2.45) is 4.99 Å². The molecule has 16 heavy (non-hydrogen) atoms. The van der Waals surface area contributed by atoms with E-state index in [-0.39, 0.29) is 0 Å². The van der Waals surface area contributed by atoms with Crippen molar-refractivity contribution in [1.82, 2.24) is 0 Å². The van der Waals surface area contributed by atoms with E-state index in [0.717, 1.165) is 11.4 Å². The van der Waals surface area contributed by atoms with Crippen LogP contribution in [0, 0.1) is 13.8 Å². The molecule has 0 spiro atoms. The van der Waals surface area contributed by atoms with Gasteiger partial charge in [0, 0.05) is 4.88 Å². The van der Waals surface area contributed by atoms with E-state index in [1.165, 1.54) is 16.0 Å². The molecule has 0 fully saturated rings. The lowest BCUT2D eigenvalue weighted by molar-refractivity contribution is 1.32. The monoisotopic (exact) mass is 229 g/mol. The van der Waals surface area contributed by atoms with Crippen LogP contribution in [0.15, 0.2) is 40.7 Å². The Bertz CT molecular complexity index is 510. The third kappa shape index (κ3) is 2.39. The molecule has 82 valence electrons. The second kappa shape index (κ2) is 4.62. The molecule has 2 heteroatoms. The fraction of sp³-hybridized carbons (Fsp3) is 0.214. The minimum Gasteiger partial charge on any atom is -0.252 e. The van der Waals surface area contributed by atoms with E-state index in [0.29, 0.717) is 0 Å². The third-order valence-electron chi connectivity index (χ3n) is 2.67. The second-order valence-corrected chi connectivity index (χ2v) is 4.89. The Morgan fingerprint density at radius 3 is 2.56 bits per heavy atom. The van der Waals surface area contributed by atoms with Gasteiger partial charge in [-0.05, 0) is 55.5 Å². The summed E-state index contributed by atoms with van der Waals surface area (Å²) in [5.74, 6) is 0. The first-order chi connectivity index (χ1) is 7.66. The number of rotatable bonds is 2. The highest BCUT2D eigenvalue weighted by Crippen LogP contribution is 2.19. The minimum atomic E-state index is 1.04. The molecular formula is C14H15NS. The van der Waals surface area contributed by atoms with Gasteiger partial charge in [-0.1, -0.05) is 12.1 Å². The van der Waals surface area contributed by atoms with Crippen molar-refractivity contribution < 1.29 is 0 Å². The van der Waals surface area contributed by atoms with Crippen LogP contribution in [-0.4, -0.2) is 5.71 Å². The molecule has 0 saturated carbocycles. The summed E-state index contributed by atoms with van der Waals surface area (Å²) in [4.78, 5) is 5.86. The molecule has 1 heterocycles. The number of aliphatic imine (C=N–C) groups is 1. The van der Waals surface area contributed by atoms with Crippen LogP contribution in [0.25, 0.3) is 0 Å². The first-order valence-corrected chi connectivity index (χ1v) is 6.21. The maximum atomic E-state index is 4.63. The van der Waals surface area contributed by atoms with Crippen LogP contribution in [0.1, 0.15) is 22.9 Å². The van der Waals surface area contributed by atoms with Crippen molar-refractivity contribution in [2.75, 3.05) is 0 Å².